The lowest BCUT2D eigenvalue weighted by Gasteiger charge is -2.10. The molecule has 0 bridgehead atoms. The lowest BCUT2D eigenvalue weighted by Crippen LogP contribution is -2.13. The van der Waals surface area contributed by atoms with Gasteiger partial charge >= 0.3 is 0 Å². The van der Waals surface area contributed by atoms with Crippen LogP contribution < -0.4 is 4.74 Å². The molecule has 0 fully saturated rings. The van der Waals surface area contributed by atoms with Crippen molar-refractivity contribution in [3.63, 3.8) is 0 Å². The first kappa shape index (κ1) is 14.5. The Morgan fingerprint density at radius 3 is 2.85 bits per heavy atom. The third-order valence-corrected chi connectivity index (χ3v) is 3.20. The summed E-state index contributed by atoms with van der Waals surface area (Å²) >= 11 is 0. The fourth-order valence-electron chi connectivity index (χ4n) is 2.14. The van der Waals surface area contributed by atoms with Crippen molar-refractivity contribution in [1.82, 2.24) is 9.97 Å². The molecular formula is C16H20N2O2. The third kappa shape index (κ3) is 4.31. The van der Waals surface area contributed by atoms with E-state index in [-0.39, 0.29) is 0 Å². The van der Waals surface area contributed by atoms with Crippen molar-refractivity contribution in [2.24, 2.45) is 0 Å². The van der Waals surface area contributed by atoms with Gasteiger partial charge in [0.15, 0.2) is 0 Å². The number of hydrogen-bond donors (Lipinski definition) is 1. The Morgan fingerprint density at radius 2 is 2.10 bits per heavy atom. The number of aliphatic hydroxyl groups excluding tert-OH is 1. The van der Waals surface area contributed by atoms with E-state index >= 15 is 0 Å². The summed E-state index contributed by atoms with van der Waals surface area (Å²) in [4.78, 5) is 8.10. The van der Waals surface area contributed by atoms with E-state index in [2.05, 4.69) is 35.1 Å². The Balaban J connectivity index is 1.87. The van der Waals surface area contributed by atoms with Gasteiger partial charge in [-0.15, -0.1) is 0 Å². The molecule has 4 nitrogen and oxygen atoms in total. The van der Waals surface area contributed by atoms with Crippen LogP contribution >= 0.6 is 0 Å². The van der Waals surface area contributed by atoms with Crippen LogP contribution in [0.3, 0.4) is 0 Å². The highest BCUT2D eigenvalue weighted by molar-refractivity contribution is 5.22. The summed E-state index contributed by atoms with van der Waals surface area (Å²) in [6, 6.07) is 10.1. The predicted octanol–water partition coefficient (Wildman–Crippen LogP) is 2.33. The largest absolute Gasteiger partial charge is 0.481 e. The first-order chi connectivity index (χ1) is 9.67. The zero-order valence-corrected chi connectivity index (χ0v) is 11.9. The minimum absolute atomic E-state index is 0.407. The van der Waals surface area contributed by atoms with Gasteiger partial charge < -0.3 is 9.84 Å². The summed E-state index contributed by atoms with van der Waals surface area (Å²) in [7, 11) is 1.57. The van der Waals surface area contributed by atoms with E-state index in [1.165, 1.54) is 17.5 Å². The van der Waals surface area contributed by atoms with Crippen molar-refractivity contribution in [1.29, 1.82) is 0 Å². The zero-order valence-electron chi connectivity index (χ0n) is 11.9. The fraction of sp³-hybridized carbons (Fsp3) is 0.375. The minimum Gasteiger partial charge on any atom is -0.481 e. The van der Waals surface area contributed by atoms with Crippen LogP contribution in [0.5, 0.6) is 5.88 Å². The highest BCUT2D eigenvalue weighted by atomic mass is 16.5. The second kappa shape index (κ2) is 7.01. The molecule has 0 saturated carbocycles. The maximum Gasteiger partial charge on any atom is 0.216 e. The van der Waals surface area contributed by atoms with E-state index in [1.807, 2.05) is 6.07 Å². The van der Waals surface area contributed by atoms with Gasteiger partial charge in [-0.2, -0.15) is 0 Å². The van der Waals surface area contributed by atoms with Crippen LogP contribution in [0.15, 0.2) is 36.7 Å². The van der Waals surface area contributed by atoms with E-state index in [0.717, 1.165) is 18.5 Å². The van der Waals surface area contributed by atoms with Gasteiger partial charge in [-0.25, -0.2) is 9.97 Å². The minimum atomic E-state index is -0.407. The van der Waals surface area contributed by atoms with Crippen LogP contribution in [0.1, 0.15) is 23.2 Å². The Labute approximate surface area is 119 Å². The molecule has 0 radical (unpaired) electrons. The molecule has 1 aromatic carbocycles. The van der Waals surface area contributed by atoms with Crippen LogP contribution in [0, 0.1) is 6.92 Å². The van der Waals surface area contributed by atoms with Crippen LogP contribution in [0.2, 0.25) is 0 Å². The van der Waals surface area contributed by atoms with Gasteiger partial charge in [0.1, 0.15) is 6.33 Å². The lowest BCUT2D eigenvalue weighted by atomic mass is 10.0. The predicted molar refractivity (Wildman–Crippen MR) is 77.8 cm³/mol. The van der Waals surface area contributed by atoms with Crippen molar-refractivity contribution in [3.05, 3.63) is 53.5 Å². The Bertz CT molecular complexity index is 558. The molecule has 0 saturated heterocycles. The molecule has 1 unspecified atom stereocenters. The summed E-state index contributed by atoms with van der Waals surface area (Å²) in [5.41, 5.74) is 3.30. The summed E-state index contributed by atoms with van der Waals surface area (Å²) in [6.07, 6.45) is 3.16. The average molecular weight is 272 g/mol. The first-order valence-corrected chi connectivity index (χ1v) is 6.76. The summed E-state index contributed by atoms with van der Waals surface area (Å²) < 4.78 is 5.05. The topological polar surface area (TPSA) is 55.2 Å². The normalized spacial score (nSPS) is 12.2. The highest BCUT2D eigenvalue weighted by Crippen LogP contribution is 2.12. The monoisotopic (exact) mass is 272 g/mol. The molecule has 1 aromatic heterocycles. The molecule has 0 aliphatic heterocycles. The van der Waals surface area contributed by atoms with Gasteiger partial charge in [-0.3, -0.25) is 0 Å². The summed E-state index contributed by atoms with van der Waals surface area (Å²) in [6.45, 7) is 2.08. The van der Waals surface area contributed by atoms with E-state index in [9.17, 15) is 5.11 Å². The number of methoxy groups -OCH3 is 1. The summed E-state index contributed by atoms with van der Waals surface area (Å²) in [5.74, 6) is 0.529. The standard InChI is InChI=1S/C16H20N2O2/c1-12-4-3-5-13(8-12)6-7-15(19)9-14-10-16(20-2)18-11-17-14/h3-5,8,10-11,15,19H,6-7,9H2,1-2H3. The van der Waals surface area contributed by atoms with Gasteiger partial charge in [-0.05, 0) is 25.3 Å². The fourth-order valence-corrected chi connectivity index (χ4v) is 2.14. The van der Waals surface area contributed by atoms with E-state index in [0.29, 0.717) is 12.3 Å². The number of rotatable bonds is 6. The molecule has 2 aromatic rings. The number of aliphatic hydroxyl groups is 1. The van der Waals surface area contributed by atoms with Crippen molar-refractivity contribution in [2.45, 2.75) is 32.3 Å². The van der Waals surface area contributed by atoms with Gasteiger partial charge in [-0.1, -0.05) is 29.8 Å². The third-order valence-electron chi connectivity index (χ3n) is 3.20. The van der Waals surface area contributed by atoms with Gasteiger partial charge in [0.05, 0.1) is 18.9 Å². The number of hydrogen-bond acceptors (Lipinski definition) is 4. The van der Waals surface area contributed by atoms with E-state index in [4.69, 9.17) is 4.74 Å². The molecule has 0 spiro atoms. The summed E-state index contributed by atoms with van der Waals surface area (Å²) in [5, 5.41) is 10.1. The number of benzene rings is 1. The first-order valence-electron chi connectivity index (χ1n) is 6.76. The zero-order chi connectivity index (χ0) is 14.4. The second-order valence-electron chi connectivity index (χ2n) is 4.94. The number of aromatic nitrogens is 2. The van der Waals surface area contributed by atoms with Crippen LogP contribution in [-0.4, -0.2) is 28.3 Å². The van der Waals surface area contributed by atoms with Crippen molar-refractivity contribution >= 4 is 0 Å². The number of aryl methyl sites for hydroxylation is 2. The number of nitrogens with zero attached hydrogens (tertiary/aromatic N) is 2. The van der Waals surface area contributed by atoms with E-state index in [1.54, 1.807) is 13.2 Å². The molecule has 106 valence electrons. The Morgan fingerprint density at radius 1 is 1.25 bits per heavy atom. The van der Waals surface area contributed by atoms with Gasteiger partial charge in [0.25, 0.3) is 0 Å². The van der Waals surface area contributed by atoms with Gasteiger partial charge in [0.2, 0.25) is 5.88 Å². The van der Waals surface area contributed by atoms with Crippen LogP contribution in [0.25, 0.3) is 0 Å². The molecular weight excluding hydrogens is 252 g/mol. The highest BCUT2D eigenvalue weighted by Gasteiger charge is 2.08. The maximum absolute atomic E-state index is 10.1. The van der Waals surface area contributed by atoms with Crippen LogP contribution in [-0.2, 0) is 12.8 Å². The van der Waals surface area contributed by atoms with Crippen molar-refractivity contribution < 1.29 is 9.84 Å². The Hall–Kier alpha value is -1.94. The molecule has 0 amide bonds. The second-order valence-corrected chi connectivity index (χ2v) is 4.94. The van der Waals surface area contributed by atoms with Crippen molar-refractivity contribution in [2.75, 3.05) is 7.11 Å². The SMILES string of the molecule is COc1cc(CC(O)CCc2cccc(C)c2)ncn1. The molecule has 20 heavy (non-hydrogen) atoms. The Kier molecular flexibility index (Phi) is 5.07. The molecule has 4 heteroatoms. The molecule has 0 aliphatic rings. The van der Waals surface area contributed by atoms with E-state index < -0.39 is 6.10 Å². The molecule has 0 aliphatic carbocycles. The smallest absolute Gasteiger partial charge is 0.216 e. The molecule has 2 rings (SSSR count). The quantitative estimate of drug-likeness (QED) is 0.877. The lowest BCUT2D eigenvalue weighted by molar-refractivity contribution is 0.164. The molecule has 1 heterocycles. The average Bonchev–Trinajstić information content (AvgIpc) is 2.45. The molecule has 1 N–H and O–H groups in total. The van der Waals surface area contributed by atoms with Crippen LogP contribution in [0.4, 0.5) is 0 Å². The maximum atomic E-state index is 10.1. The number of ether oxygens (including phenoxy) is 1. The van der Waals surface area contributed by atoms with Crippen molar-refractivity contribution in [3.8, 4) is 5.88 Å². The molecule has 1 atom stereocenters. The van der Waals surface area contributed by atoms with Gasteiger partial charge in [0, 0.05) is 12.5 Å².